The first-order valence-corrected chi connectivity index (χ1v) is 13.8. The van der Waals surface area contributed by atoms with E-state index < -0.39 is 51.7 Å². The number of carbonyl (C=O) groups is 3. The molecule has 16 heteroatoms. The second-order valence-electron chi connectivity index (χ2n) is 8.90. The quantitative estimate of drug-likeness (QED) is 0.166. The molecule has 2 heterocycles. The summed E-state index contributed by atoms with van der Waals surface area (Å²) in [5.74, 6) is -0.996. The molecule has 0 radical (unpaired) electrons. The van der Waals surface area contributed by atoms with Crippen molar-refractivity contribution in [3.63, 3.8) is 0 Å². The van der Waals surface area contributed by atoms with Crippen molar-refractivity contribution in [1.82, 2.24) is 4.90 Å². The number of nitrogens with one attached hydrogen (secondary N) is 1. The number of thioether (sulfide) groups is 1. The van der Waals surface area contributed by atoms with E-state index in [2.05, 4.69) is 21.2 Å². The highest BCUT2D eigenvalue weighted by molar-refractivity contribution is 9.10. The third-order valence-electron chi connectivity index (χ3n) is 5.96. The van der Waals surface area contributed by atoms with Crippen LogP contribution < -0.4 is 19.5 Å². The first kappa shape index (κ1) is 29.9. The van der Waals surface area contributed by atoms with Crippen LogP contribution in [0, 0.1) is 10.1 Å². The summed E-state index contributed by atoms with van der Waals surface area (Å²) in [5, 5.41) is 13.4. The van der Waals surface area contributed by atoms with E-state index in [9.17, 15) is 37.7 Å². The molecule has 1 fully saturated rings. The smallest absolute Gasteiger partial charge is 0.416 e. The molecule has 2 aliphatic heterocycles. The fourth-order valence-corrected chi connectivity index (χ4v) is 5.22. The number of nitrogens with zero attached hydrogens (tertiary/aromatic N) is 2. The molecule has 0 unspecified atom stereocenters. The standard InChI is InChI=1S/C27H17BrF3N3O8S/c28-16-2-5-19(42-20-4-1-15(27(29,30)31)11-18(20)34(38)39)14(9-16)10-23-25(36)33(26(37)43-23)13-24(35)32-17-3-6-21-22(12-17)41-8-7-40-21/h1-6,9-12H,7-8,13H2,(H,32,35)/b23-10+. The molecule has 0 aliphatic carbocycles. The molecule has 1 N–H and O–H groups in total. The van der Waals surface area contributed by atoms with Crippen LogP contribution in [0.4, 0.5) is 29.3 Å². The molecule has 5 rings (SSSR count). The van der Waals surface area contributed by atoms with E-state index in [1.165, 1.54) is 24.3 Å². The van der Waals surface area contributed by atoms with Gasteiger partial charge in [0.05, 0.1) is 15.4 Å². The lowest BCUT2D eigenvalue weighted by Gasteiger charge is -2.19. The number of nitro benzene ring substituents is 1. The Labute approximate surface area is 252 Å². The molecule has 0 aromatic heterocycles. The van der Waals surface area contributed by atoms with Gasteiger partial charge in [0.25, 0.3) is 11.1 Å². The number of ether oxygens (including phenoxy) is 3. The van der Waals surface area contributed by atoms with Gasteiger partial charge in [-0.2, -0.15) is 13.2 Å². The van der Waals surface area contributed by atoms with E-state index in [-0.39, 0.29) is 16.2 Å². The predicted octanol–water partition coefficient (Wildman–Crippen LogP) is 6.61. The molecule has 0 atom stereocenters. The van der Waals surface area contributed by atoms with Crippen LogP contribution in [0.3, 0.4) is 0 Å². The summed E-state index contributed by atoms with van der Waals surface area (Å²) < 4.78 is 56.3. The maximum absolute atomic E-state index is 13.1. The number of amides is 3. The van der Waals surface area contributed by atoms with Gasteiger partial charge in [-0.3, -0.25) is 29.4 Å². The number of halogens is 4. The van der Waals surface area contributed by atoms with Crippen molar-refractivity contribution in [2.24, 2.45) is 0 Å². The van der Waals surface area contributed by atoms with Gasteiger partial charge >= 0.3 is 11.9 Å². The molecule has 1 saturated heterocycles. The normalized spacial score (nSPS) is 15.5. The SMILES string of the molecule is O=C(CN1C(=O)S/C(=C/c2cc(Br)ccc2Oc2ccc(C(F)(F)F)cc2[N+](=O)[O-])C1=O)Nc1ccc2c(c1)OCCO2. The van der Waals surface area contributed by atoms with Gasteiger partial charge in [0.15, 0.2) is 11.5 Å². The molecule has 3 aromatic carbocycles. The minimum atomic E-state index is -4.81. The summed E-state index contributed by atoms with van der Waals surface area (Å²) in [6, 6.07) is 10.9. The number of rotatable bonds is 7. The molecule has 0 spiro atoms. The molecule has 3 amide bonds. The summed E-state index contributed by atoms with van der Waals surface area (Å²) >= 11 is 3.82. The van der Waals surface area contributed by atoms with Gasteiger partial charge < -0.3 is 19.5 Å². The van der Waals surface area contributed by atoms with E-state index in [0.29, 0.717) is 58.8 Å². The number of hydrogen-bond acceptors (Lipinski definition) is 9. The van der Waals surface area contributed by atoms with Crippen LogP contribution in [0.15, 0.2) is 64.0 Å². The zero-order valence-corrected chi connectivity index (χ0v) is 23.9. The van der Waals surface area contributed by atoms with Gasteiger partial charge in [-0.15, -0.1) is 0 Å². The first-order valence-electron chi connectivity index (χ1n) is 12.2. The minimum absolute atomic E-state index is 0.0470. The fourth-order valence-electron chi connectivity index (χ4n) is 4.01. The van der Waals surface area contributed by atoms with Crippen molar-refractivity contribution < 1.29 is 46.7 Å². The lowest BCUT2D eigenvalue weighted by molar-refractivity contribution is -0.385. The summed E-state index contributed by atoms with van der Waals surface area (Å²) in [7, 11) is 0. The largest absolute Gasteiger partial charge is 0.486 e. The zero-order chi connectivity index (χ0) is 30.9. The van der Waals surface area contributed by atoms with Gasteiger partial charge in [-0.1, -0.05) is 15.9 Å². The number of imide groups is 1. The third kappa shape index (κ3) is 6.75. The Hall–Kier alpha value is -4.57. The van der Waals surface area contributed by atoms with Crippen LogP contribution in [0.5, 0.6) is 23.0 Å². The Morgan fingerprint density at radius 1 is 1.07 bits per heavy atom. The highest BCUT2D eigenvalue weighted by Gasteiger charge is 2.37. The molecule has 2 aliphatic rings. The summed E-state index contributed by atoms with van der Waals surface area (Å²) in [4.78, 5) is 49.5. The predicted molar refractivity (Wildman–Crippen MR) is 151 cm³/mol. The zero-order valence-electron chi connectivity index (χ0n) is 21.5. The number of anilines is 1. The first-order chi connectivity index (χ1) is 20.4. The van der Waals surface area contributed by atoms with Crippen molar-refractivity contribution >= 4 is 62.2 Å². The highest BCUT2D eigenvalue weighted by atomic mass is 79.9. The monoisotopic (exact) mass is 679 g/mol. The Morgan fingerprint density at radius 2 is 1.79 bits per heavy atom. The molecule has 43 heavy (non-hydrogen) atoms. The van der Waals surface area contributed by atoms with Crippen LogP contribution in [0.2, 0.25) is 0 Å². The minimum Gasteiger partial charge on any atom is -0.486 e. The number of alkyl halides is 3. The molecular formula is C27H17BrF3N3O8S. The van der Waals surface area contributed by atoms with Crippen molar-refractivity contribution in [3.8, 4) is 23.0 Å². The molecule has 3 aromatic rings. The van der Waals surface area contributed by atoms with Gasteiger partial charge in [-0.05, 0) is 60.3 Å². The maximum atomic E-state index is 13.1. The Bertz CT molecular complexity index is 1700. The Balaban J connectivity index is 1.35. The van der Waals surface area contributed by atoms with E-state index in [4.69, 9.17) is 14.2 Å². The van der Waals surface area contributed by atoms with Crippen molar-refractivity contribution in [2.75, 3.05) is 25.1 Å². The number of hydrogen-bond donors (Lipinski definition) is 1. The van der Waals surface area contributed by atoms with Crippen LogP contribution in [0.25, 0.3) is 6.08 Å². The topological polar surface area (TPSA) is 137 Å². The molecule has 0 saturated carbocycles. The molecule has 222 valence electrons. The molecular weight excluding hydrogens is 663 g/mol. The van der Waals surface area contributed by atoms with E-state index >= 15 is 0 Å². The van der Waals surface area contributed by atoms with Gasteiger partial charge in [0, 0.05) is 27.9 Å². The van der Waals surface area contributed by atoms with E-state index in [1.54, 1.807) is 18.2 Å². The Morgan fingerprint density at radius 3 is 2.51 bits per heavy atom. The number of benzene rings is 3. The Kier molecular flexibility index (Phi) is 8.32. The van der Waals surface area contributed by atoms with Crippen molar-refractivity contribution in [3.05, 3.63) is 85.2 Å². The van der Waals surface area contributed by atoms with Crippen LogP contribution in [-0.4, -0.2) is 46.6 Å². The maximum Gasteiger partial charge on any atom is 0.416 e. The fraction of sp³-hybridized carbons (Fsp3) is 0.148. The van der Waals surface area contributed by atoms with Crippen LogP contribution >= 0.6 is 27.7 Å². The average molecular weight is 680 g/mol. The molecule has 11 nitrogen and oxygen atoms in total. The van der Waals surface area contributed by atoms with E-state index in [0.717, 1.165) is 11.0 Å². The van der Waals surface area contributed by atoms with Crippen LogP contribution in [0.1, 0.15) is 11.1 Å². The third-order valence-corrected chi connectivity index (χ3v) is 7.36. The average Bonchev–Trinajstić information content (AvgIpc) is 3.21. The van der Waals surface area contributed by atoms with Crippen molar-refractivity contribution in [2.45, 2.75) is 6.18 Å². The van der Waals surface area contributed by atoms with E-state index in [1.807, 2.05) is 0 Å². The second kappa shape index (κ2) is 12.0. The summed E-state index contributed by atoms with van der Waals surface area (Å²) in [6.45, 7) is 0.156. The lowest BCUT2D eigenvalue weighted by atomic mass is 10.1. The number of carbonyl (C=O) groups excluding carboxylic acids is 3. The summed E-state index contributed by atoms with van der Waals surface area (Å²) in [5.41, 5.74) is -1.61. The second-order valence-corrected chi connectivity index (χ2v) is 10.8. The van der Waals surface area contributed by atoms with Gasteiger partial charge in [0.2, 0.25) is 11.7 Å². The number of nitro groups is 1. The van der Waals surface area contributed by atoms with Crippen LogP contribution in [-0.2, 0) is 15.8 Å². The van der Waals surface area contributed by atoms with Gasteiger partial charge in [-0.25, -0.2) is 0 Å². The summed E-state index contributed by atoms with van der Waals surface area (Å²) in [6.07, 6.45) is -3.53. The molecule has 0 bridgehead atoms. The van der Waals surface area contributed by atoms with Gasteiger partial charge in [0.1, 0.15) is 25.5 Å². The van der Waals surface area contributed by atoms with Crippen molar-refractivity contribution in [1.29, 1.82) is 0 Å². The number of fused-ring (bicyclic) bond motifs is 1. The lowest BCUT2D eigenvalue weighted by Crippen LogP contribution is -2.36. The highest BCUT2D eigenvalue weighted by Crippen LogP contribution is 2.41.